The van der Waals surface area contributed by atoms with Crippen LogP contribution in [0, 0.1) is 13.8 Å². The fraction of sp³-hybridized carbons (Fsp3) is 0.364. The second-order valence-electron chi connectivity index (χ2n) is 4.30. The second kappa shape index (κ2) is 5.58. The highest BCUT2D eigenvalue weighted by molar-refractivity contribution is 9.10. The van der Waals surface area contributed by atoms with Gasteiger partial charge in [-0.3, -0.25) is 9.82 Å². The molecule has 0 saturated heterocycles. The summed E-state index contributed by atoms with van der Waals surface area (Å²) in [4.78, 5) is 0.0581. The summed E-state index contributed by atoms with van der Waals surface area (Å²) in [6.45, 7) is 3.91. The summed E-state index contributed by atoms with van der Waals surface area (Å²) in [6.07, 6.45) is 0. The topological polar surface area (TPSA) is 100 Å². The van der Waals surface area contributed by atoms with Gasteiger partial charge in [-0.2, -0.15) is 5.10 Å². The Hall–Kier alpha value is -1.32. The maximum Gasteiger partial charge on any atom is 0.266 e. The Bertz CT molecular complexity index is 701. The molecular weight excluding hydrogens is 348 g/mol. The summed E-state index contributed by atoms with van der Waals surface area (Å²) >= 11 is 3.13. The van der Waals surface area contributed by atoms with Gasteiger partial charge < -0.3 is 9.73 Å². The van der Waals surface area contributed by atoms with Gasteiger partial charge in [0.25, 0.3) is 10.0 Å². The lowest BCUT2D eigenvalue weighted by Gasteiger charge is -2.06. The zero-order valence-electron chi connectivity index (χ0n) is 11.2. The van der Waals surface area contributed by atoms with Crippen LogP contribution in [-0.2, 0) is 16.6 Å². The normalized spacial score (nSPS) is 11.8. The number of H-pyrrole nitrogens is 1. The van der Waals surface area contributed by atoms with Gasteiger partial charge in [-0.15, -0.1) is 0 Å². The minimum atomic E-state index is -3.73. The fourth-order valence-electron chi connectivity index (χ4n) is 1.73. The number of furan rings is 1. The van der Waals surface area contributed by atoms with E-state index in [1.165, 1.54) is 6.07 Å². The highest BCUT2D eigenvalue weighted by Gasteiger charge is 2.24. The maximum atomic E-state index is 12.4. The summed E-state index contributed by atoms with van der Waals surface area (Å²) in [7, 11) is -1.98. The lowest BCUT2D eigenvalue weighted by atomic mass is 10.3. The van der Waals surface area contributed by atoms with Crippen molar-refractivity contribution in [2.75, 3.05) is 11.8 Å². The average molecular weight is 363 g/mol. The molecule has 0 atom stereocenters. The largest absolute Gasteiger partial charge is 0.451 e. The number of nitrogens with one attached hydrogen (secondary N) is 3. The van der Waals surface area contributed by atoms with E-state index in [1.807, 2.05) is 0 Å². The third kappa shape index (κ3) is 2.89. The first-order valence-corrected chi connectivity index (χ1v) is 8.10. The molecule has 2 heterocycles. The van der Waals surface area contributed by atoms with E-state index >= 15 is 0 Å². The number of aromatic amines is 1. The molecule has 0 unspecified atom stereocenters. The van der Waals surface area contributed by atoms with E-state index in [4.69, 9.17) is 4.42 Å². The van der Waals surface area contributed by atoms with Crippen molar-refractivity contribution in [2.24, 2.45) is 0 Å². The second-order valence-corrected chi connectivity index (χ2v) is 6.67. The molecule has 0 saturated carbocycles. The van der Waals surface area contributed by atoms with Crippen molar-refractivity contribution in [3.63, 3.8) is 0 Å². The van der Waals surface area contributed by atoms with Crippen LogP contribution in [0.5, 0.6) is 0 Å². The SMILES string of the molecule is CNCc1cc(S(=O)(=O)Nc2c(C)n[nH]c2C)c(Br)o1. The van der Waals surface area contributed by atoms with Crippen molar-refractivity contribution in [1.82, 2.24) is 15.5 Å². The van der Waals surface area contributed by atoms with E-state index < -0.39 is 10.0 Å². The van der Waals surface area contributed by atoms with E-state index in [2.05, 4.69) is 36.2 Å². The quantitative estimate of drug-likeness (QED) is 0.754. The van der Waals surface area contributed by atoms with Crippen LogP contribution < -0.4 is 10.0 Å². The van der Waals surface area contributed by atoms with Gasteiger partial charge in [0, 0.05) is 6.07 Å². The molecule has 0 amide bonds. The lowest BCUT2D eigenvalue weighted by Crippen LogP contribution is -2.13. The van der Waals surface area contributed by atoms with Crippen molar-refractivity contribution in [3.8, 4) is 0 Å². The first-order valence-electron chi connectivity index (χ1n) is 5.82. The predicted octanol–water partition coefficient (Wildman–Crippen LogP) is 1.90. The van der Waals surface area contributed by atoms with Crippen LogP contribution in [0.1, 0.15) is 17.1 Å². The standard InChI is InChI=1S/C11H15BrN4O3S/c1-6-10(7(2)15-14-6)16-20(17,18)9-4-8(5-13-3)19-11(9)12/h4,13,16H,5H2,1-3H3,(H,14,15). The van der Waals surface area contributed by atoms with Crippen molar-refractivity contribution < 1.29 is 12.8 Å². The van der Waals surface area contributed by atoms with Gasteiger partial charge in [0.2, 0.25) is 0 Å². The summed E-state index contributed by atoms with van der Waals surface area (Å²) in [5, 5.41) is 9.58. The van der Waals surface area contributed by atoms with Gasteiger partial charge >= 0.3 is 0 Å². The summed E-state index contributed by atoms with van der Waals surface area (Å²) in [5.41, 5.74) is 1.69. The van der Waals surface area contributed by atoms with Crippen LogP contribution in [0.3, 0.4) is 0 Å². The third-order valence-corrected chi connectivity index (χ3v) is 4.92. The fourth-order valence-corrected chi connectivity index (χ4v) is 3.91. The van der Waals surface area contributed by atoms with Crippen LogP contribution >= 0.6 is 15.9 Å². The monoisotopic (exact) mass is 362 g/mol. The van der Waals surface area contributed by atoms with E-state index in [0.717, 1.165) is 0 Å². The van der Waals surface area contributed by atoms with Crippen LogP contribution in [0.2, 0.25) is 0 Å². The molecule has 0 bridgehead atoms. The number of anilines is 1. The van der Waals surface area contributed by atoms with E-state index in [-0.39, 0.29) is 9.56 Å². The van der Waals surface area contributed by atoms with Crippen molar-refractivity contribution >= 4 is 31.6 Å². The minimum absolute atomic E-state index is 0.0581. The highest BCUT2D eigenvalue weighted by Crippen LogP contribution is 2.29. The molecule has 0 radical (unpaired) electrons. The molecule has 2 rings (SSSR count). The molecule has 0 aliphatic rings. The lowest BCUT2D eigenvalue weighted by molar-refractivity contribution is 0.470. The number of rotatable bonds is 5. The molecule has 110 valence electrons. The zero-order chi connectivity index (χ0) is 14.9. The molecule has 0 aromatic carbocycles. The number of sulfonamides is 1. The van der Waals surface area contributed by atoms with Crippen LogP contribution in [0.4, 0.5) is 5.69 Å². The number of aromatic nitrogens is 2. The van der Waals surface area contributed by atoms with Gasteiger partial charge in [-0.1, -0.05) is 0 Å². The minimum Gasteiger partial charge on any atom is -0.451 e. The Morgan fingerprint density at radius 2 is 2.15 bits per heavy atom. The van der Waals surface area contributed by atoms with E-state index in [1.54, 1.807) is 20.9 Å². The van der Waals surface area contributed by atoms with Crippen molar-refractivity contribution in [3.05, 3.63) is 27.9 Å². The summed E-state index contributed by atoms with van der Waals surface area (Å²) < 4.78 is 32.8. The first-order chi connectivity index (χ1) is 9.35. The molecule has 7 nitrogen and oxygen atoms in total. The molecule has 2 aromatic rings. The number of aryl methyl sites for hydroxylation is 2. The van der Waals surface area contributed by atoms with E-state index in [0.29, 0.717) is 29.4 Å². The van der Waals surface area contributed by atoms with Crippen LogP contribution in [0.15, 0.2) is 20.0 Å². The molecule has 9 heteroatoms. The predicted molar refractivity (Wildman–Crippen MR) is 78.0 cm³/mol. The van der Waals surface area contributed by atoms with Crippen molar-refractivity contribution in [1.29, 1.82) is 0 Å². The molecule has 3 N–H and O–H groups in total. The van der Waals surface area contributed by atoms with Crippen LogP contribution in [0.25, 0.3) is 0 Å². The first kappa shape index (κ1) is 15.1. The van der Waals surface area contributed by atoms with Gasteiger partial charge in [-0.25, -0.2) is 8.42 Å². The molecule has 0 aliphatic heterocycles. The molecule has 20 heavy (non-hydrogen) atoms. The molecule has 0 spiro atoms. The number of hydrogen-bond acceptors (Lipinski definition) is 5. The maximum absolute atomic E-state index is 12.4. The Balaban J connectivity index is 2.36. The van der Waals surface area contributed by atoms with Crippen molar-refractivity contribution in [2.45, 2.75) is 25.3 Å². The summed E-state index contributed by atoms with van der Waals surface area (Å²) in [6, 6.07) is 1.48. The van der Waals surface area contributed by atoms with E-state index in [9.17, 15) is 8.42 Å². The smallest absolute Gasteiger partial charge is 0.266 e. The van der Waals surface area contributed by atoms with Gasteiger partial charge in [-0.05, 0) is 36.8 Å². The summed E-state index contributed by atoms with van der Waals surface area (Å²) in [5.74, 6) is 0.528. The zero-order valence-corrected chi connectivity index (χ0v) is 13.6. The average Bonchev–Trinajstić information content (AvgIpc) is 2.87. The molecular formula is C11H15BrN4O3S. The molecule has 2 aromatic heterocycles. The molecule has 0 aliphatic carbocycles. The van der Waals surface area contributed by atoms with Gasteiger partial charge in [0.05, 0.1) is 23.6 Å². The number of halogens is 1. The Morgan fingerprint density at radius 1 is 1.45 bits per heavy atom. The van der Waals surface area contributed by atoms with Crippen LogP contribution in [-0.4, -0.2) is 25.7 Å². The Morgan fingerprint density at radius 3 is 2.70 bits per heavy atom. The van der Waals surface area contributed by atoms with Gasteiger partial charge in [0.1, 0.15) is 10.7 Å². The number of hydrogen-bond donors (Lipinski definition) is 3. The highest BCUT2D eigenvalue weighted by atomic mass is 79.9. The Labute approximate surface area is 125 Å². The Kier molecular flexibility index (Phi) is 4.21. The molecule has 0 fully saturated rings. The van der Waals surface area contributed by atoms with Gasteiger partial charge in [0.15, 0.2) is 4.67 Å². The third-order valence-electron chi connectivity index (χ3n) is 2.71. The number of nitrogens with zero attached hydrogens (tertiary/aromatic N) is 1.